The highest BCUT2D eigenvalue weighted by Gasteiger charge is 2.36. The molecule has 0 aliphatic heterocycles. The summed E-state index contributed by atoms with van der Waals surface area (Å²) in [5.74, 6) is 0.228. The fourth-order valence-electron chi connectivity index (χ4n) is 2.36. The summed E-state index contributed by atoms with van der Waals surface area (Å²) in [5.41, 5.74) is 0.670. The molecule has 0 radical (unpaired) electrons. The number of hydrogen-bond donors (Lipinski definition) is 0. The molecule has 0 spiro atoms. The minimum atomic E-state index is -0.204. The van der Waals surface area contributed by atoms with Gasteiger partial charge in [-0.1, -0.05) is 19.9 Å². The number of rotatable bonds is 4. The number of hydrogen-bond acceptors (Lipinski definition) is 3. The Morgan fingerprint density at radius 3 is 2.94 bits per heavy atom. The van der Waals surface area contributed by atoms with E-state index in [4.69, 9.17) is 0 Å². The first-order valence-corrected chi connectivity index (χ1v) is 5.77. The summed E-state index contributed by atoms with van der Waals surface area (Å²) >= 11 is 0. The van der Waals surface area contributed by atoms with Gasteiger partial charge in [-0.2, -0.15) is 0 Å². The smallest absolute Gasteiger partial charge is 0.305 e. The molecule has 90 valence electrons. The van der Waals surface area contributed by atoms with Gasteiger partial charge in [0, 0.05) is 6.42 Å². The number of carbonyl (C=O) groups is 2. The van der Waals surface area contributed by atoms with Crippen LogP contribution in [0.25, 0.3) is 0 Å². The molecule has 1 rings (SSSR count). The molecule has 2 atom stereocenters. The molecule has 0 aromatic rings. The zero-order chi connectivity index (χ0) is 12.2. The second kappa shape index (κ2) is 5.28. The molecule has 0 N–H and O–H groups in total. The van der Waals surface area contributed by atoms with Gasteiger partial charge in [0.05, 0.1) is 7.11 Å². The molecule has 0 aromatic heterocycles. The van der Waals surface area contributed by atoms with Crippen LogP contribution in [-0.2, 0) is 14.3 Å². The van der Waals surface area contributed by atoms with E-state index in [2.05, 4.69) is 18.6 Å². The lowest BCUT2D eigenvalue weighted by Gasteiger charge is -2.39. The van der Waals surface area contributed by atoms with E-state index < -0.39 is 0 Å². The van der Waals surface area contributed by atoms with E-state index in [1.165, 1.54) is 7.11 Å². The molecule has 0 saturated heterocycles. The SMILES string of the molecule is COC(=O)CC[C@@]1(C)C(C=O)=CCC[C@@H]1C. The molecule has 0 aromatic carbocycles. The summed E-state index contributed by atoms with van der Waals surface area (Å²) in [4.78, 5) is 22.2. The third kappa shape index (κ3) is 2.52. The number of methoxy groups -OCH3 is 1. The molecule has 0 fully saturated rings. The largest absolute Gasteiger partial charge is 0.469 e. The second-order valence-corrected chi connectivity index (χ2v) is 4.75. The highest BCUT2D eigenvalue weighted by atomic mass is 16.5. The van der Waals surface area contributed by atoms with Gasteiger partial charge in [0.1, 0.15) is 6.29 Å². The molecular weight excluding hydrogens is 204 g/mol. The van der Waals surface area contributed by atoms with Crippen molar-refractivity contribution in [2.45, 2.75) is 39.5 Å². The fourth-order valence-corrected chi connectivity index (χ4v) is 2.36. The van der Waals surface area contributed by atoms with Crippen LogP contribution in [0.1, 0.15) is 39.5 Å². The van der Waals surface area contributed by atoms with Gasteiger partial charge >= 0.3 is 5.97 Å². The Morgan fingerprint density at radius 2 is 2.38 bits per heavy atom. The Labute approximate surface area is 96.9 Å². The first-order valence-electron chi connectivity index (χ1n) is 5.77. The van der Waals surface area contributed by atoms with Crippen molar-refractivity contribution in [3.8, 4) is 0 Å². The van der Waals surface area contributed by atoms with E-state index in [0.717, 1.165) is 24.7 Å². The van der Waals surface area contributed by atoms with Crippen molar-refractivity contribution >= 4 is 12.3 Å². The molecular formula is C13H20O3. The van der Waals surface area contributed by atoms with Gasteiger partial charge in [-0.25, -0.2) is 0 Å². The van der Waals surface area contributed by atoms with Gasteiger partial charge in [0.15, 0.2) is 0 Å². The minimum Gasteiger partial charge on any atom is -0.469 e. The van der Waals surface area contributed by atoms with Crippen molar-refractivity contribution in [2.75, 3.05) is 7.11 Å². The Hall–Kier alpha value is -1.12. The van der Waals surface area contributed by atoms with Gasteiger partial charge < -0.3 is 4.74 Å². The maximum atomic E-state index is 11.2. The lowest BCUT2D eigenvalue weighted by molar-refractivity contribution is -0.141. The van der Waals surface area contributed by atoms with Crippen molar-refractivity contribution in [3.63, 3.8) is 0 Å². The number of esters is 1. The fraction of sp³-hybridized carbons (Fsp3) is 0.692. The summed E-state index contributed by atoms with van der Waals surface area (Å²) in [6.07, 6.45) is 6.04. The van der Waals surface area contributed by atoms with Gasteiger partial charge in [-0.3, -0.25) is 9.59 Å². The first-order chi connectivity index (χ1) is 7.54. The number of aldehydes is 1. The average Bonchev–Trinajstić information content (AvgIpc) is 2.29. The van der Waals surface area contributed by atoms with Crippen LogP contribution in [0.2, 0.25) is 0 Å². The van der Waals surface area contributed by atoms with Crippen molar-refractivity contribution in [3.05, 3.63) is 11.6 Å². The van der Waals surface area contributed by atoms with E-state index >= 15 is 0 Å². The summed E-state index contributed by atoms with van der Waals surface area (Å²) < 4.78 is 4.64. The topological polar surface area (TPSA) is 43.4 Å². The third-order valence-corrected chi connectivity index (χ3v) is 3.91. The Bertz CT molecular complexity index is 306. The van der Waals surface area contributed by atoms with Crippen LogP contribution in [0, 0.1) is 11.3 Å². The van der Waals surface area contributed by atoms with Gasteiger partial charge in [-0.15, -0.1) is 0 Å². The molecule has 0 bridgehead atoms. The predicted molar refractivity (Wildman–Crippen MR) is 61.9 cm³/mol. The van der Waals surface area contributed by atoms with Gasteiger partial charge in [0.2, 0.25) is 0 Å². The van der Waals surface area contributed by atoms with Crippen LogP contribution < -0.4 is 0 Å². The Balaban J connectivity index is 2.77. The average molecular weight is 224 g/mol. The summed E-state index contributed by atoms with van der Waals surface area (Å²) in [7, 11) is 1.39. The quantitative estimate of drug-likeness (QED) is 0.544. The van der Waals surface area contributed by atoms with Gasteiger partial charge in [-0.05, 0) is 36.2 Å². The third-order valence-electron chi connectivity index (χ3n) is 3.91. The summed E-state index contributed by atoms with van der Waals surface area (Å²) in [6.45, 7) is 4.22. The minimum absolute atomic E-state index is 0.172. The highest BCUT2D eigenvalue weighted by Crippen LogP contribution is 2.44. The van der Waals surface area contributed by atoms with Crippen LogP contribution in [0.15, 0.2) is 11.6 Å². The molecule has 3 nitrogen and oxygen atoms in total. The molecule has 1 aliphatic carbocycles. The van der Waals surface area contributed by atoms with Crippen molar-refractivity contribution < 1.29 is 14.3 Å². The van der Waals surface area contributed by atoms with Crippen molar-refractivity contribution in [1.29, 1.82) is 0 Å². The number of carbonyl (C=O) groups excluding carboxylic acids is 2. The summed E-state index contributed by atoms with van der Waals surface area (Å²) in [6, 6.07) is 0. The maximum Gasteiger partial charge on any atom is 0.305 e. The molecule has 0 saturated carbocycles. The number of allylic oxidation sites excluding steroid dienone is 2. The first kappa shape index (κ1) is 12.9. The van der Waals surface area contributed by atoms with Crippen LogP contribution in [-0.4, -0.2) is 19.4 Å². The normalized spacial score (nSPS) is 29.4. The molecule has 0 heterocycles. The van der Waals surface area contributed by atoms with E-state index in [-0.39, 0.29) is 11.4 Å². The summed E-state index contributed by atoms with van der Waals surface area (Å²) in [5, 5.41) is 0. The van der Waals surface area contributed by atoms with E-state index in [1.54, 1.807) is 0 Å². The highest BCUT2D eigenvalue weighted by molar-refractivity contribution is 5.76. The lowest BCUT2D eigenvalue weighted by atomic mass is 9.65. The molecule has 16 heavy (non-hydrogen) atoms. The standard InChI is InChI=1S/C13H20O3/c1-10-5-4-6-11(9-14)13(10,2)8-7-12(15)16-3/h6,9-10H,4-5,7-8H2,1-3H3/t10-,13+/m0/s1. The lowest BCUT2D eigenvalue weighted by Crippen LogP contribution is -2.32. The zero-order valence-corrected chi connectivity index (χ0v) is 10.3. The van der Waals surface area contributed by atoms with Crippen LogP contribution in [0.5, 0.6) is 0 Å². The Morgan fingerprint density at radius 1 is 1.69 bits per heavy atom. The molecule has 1 aliphatic rings. The second-order valence-electron chi connectivity index (χ2n) is 4.75. The number of ether oxygens (including phenoxy) is 1. The van der Waals surface area contributed by atoms with E-state index in [9.17, 15) is 9.59 Å². The van der Waals surface area contributed by atoms with Crippen molar-refractivity contribution in [1.82, 2.24) is 0 Å². The maximum absolute atomic E-state index is 11.2. The molecule has 0 unspecified atom stereocenters. The predicted octanol–water partition coefficient (Wildman–Crippen LogP) is 2.50. The Kier molecular flexibility index (Phi) is 4.27. The van der Waals surface area contributed by atoms with Gasteiger partial charge in [0.25, 0.3) is 0 Å². The monoisotopic (exact) mass is 224 g/mol. The van der Waals surface area contributed by atoms with Crippen LogP contribution >= 0.6 is 0 Å². The van der Waals surface area contributed by atoms with Crippen LogP contribution in [0.3, 0.4) is 0 Å². The zero-order valence-electron chi connectivity index (χ0n) is 10.3. The molecule has 3 heteroatoms. The van der Waals surface area contributed by atoms with E-state index in [1.807, 2.05) is 6.08 Å². The molecule has 0 amide bonds. The van der Waals surface area contributed by atoms with E-state index in [0.29, 0.717) is 18.8 Å². The van der Waals surface area contributed by atoms with Crippen molar-refractivity contribution in [2.24, 2.45) is 11.3 Å². The van der Waals surface area contributed by atoms with Crippen LogP contribution in [0.4, 0.5) is 0 Å².